The molecule has 45 heavy (non-hydrogen) atoms. The molecule has 1 atom stereocenters. The Kier molecular flexibility index (Phi) is 9.46. The van der Waals surface area contributed by atoms with Crippen LogP contribution in [0.4, 0.5) is 29.2 Å². The Labute approximate surface area is 260 Å². The lowest BCUT2D eigenvalue weighted by Gasteiger charge is -2.46. The molecule has 3 aromatic heterocycles. The SMILES string of the molecule is Cc1cc(Nc2cc(C(F)F)ccn2)nc(-c2ccc([C@](C)([O-])C3CCC(C(=O)OC[N+]4(C)CCC(F)(F)CC4)CC3)nc2)c1. The molecule has 0 unspecified atom stereocenters. The summed E-state index contributed by atoms with van der Waals surface area (Å²) in [4.78, 5) is 26.0. The summed E-state index contributed by atoms with van der Waals surface area (Å²) in [5, 5.41) is 16.9. The molecule has 242 valence electrons. The van der Waals surface area contributed by atoms with E-state index in [-0.39, 0.29) is 61.8 Å². The lowest BCUT2D eigenvalue weighted by Crippen LogP contribution is -2.54. The molecule has 2 aliphatic rings. The number of nitrogens with zero attached hydrogens (tertiary/aromatic N) is 4. The van der Waals surface area contributed by atoms with Crippen LogP contribution in [0.5, 0.6) is 0 Å². The van der Waals surface area contributed by atoms with Gasteiger partial charge in [0.05, 0.1) is 44.6 Å². The number of hydrogen-bond acceptors (Lipinski definition) is 7. The van der Waals surface area contributed by atoms with Crippen molar-refractivity contribution in [3.05, 3.63) is 65.6 Å². The third-order valence-electron chi connectivity index (χ3n) is 9.22. The van der Waals surface area contributed by atoms with Crippen molar-refractivity contribution in [2.24, 2.45) is 11.8 Å². The minimum absolute atomic E-state index is 0.0838. The lowest BCUT2D eigenvalue weighted by molar-refractivity contribution is -0.932. The molecule has 0 amide bonds. The highest BCUT2D eigenvalue weighted by Crippen LogP contribution is 2.39. The van der Waals surface area contributed by atoms with E-state index in [1.54, 1.807) is 31.3 Å². The number of aryl methyl sites for hydroxylation is 1. The van der Waals surface area contributed by atoms with E-state index in [2.05, 4.69) is 20.3 Å². The summed E-state index contributed by atoms with van der Waals surface area (Å²) in [5.41, 5.74) is 0.955. The molecule has 1 saturated carbocycles. The van der Waals surface area contributed by atoms with Crippen LogP contribution in [0.2, 0.25) is 0 Å². The fourth-order valence-corrected chi connectivity index (χ4v) is 6.16. The summed E-state index contributed by atoms with van der Waals surface area (Å²) in [6, 6.07) is 9.68. The monoisotopic (exact) mass is 629 g/mol. The number of esters is 1. The van der Waals surface area contributed by atoms with Crippen LogP contribution >= 0.6 is 0 Å². The number of carbonyl (C=O) groups excluding carboxylic acids is 1. The summed E-state index contributed by atoms with van der Waals surface area (Å²) < 4.78 is 59.1. The maximum Gasteiger partial charge on any atom is 0.313 e. The first kappa shape index (κ1) is 32.7. The van der Waals surface area contributed by atoms with Crippen LogP contribution in [0.25, 0.3) is 11.3 Å². The molecule has 0 bridgehead atoms. The highest BCUT2D eigenvalue weighted by atomic mass is 19.3. The number of pyridine rings is 3. The zero-order valence-corrected chi connectivity index (χ0v) is 25.7. The predicted octanol–water partition coefficient (Wildman–Crippen LogP) is 6.29. The van der Waals surface area contributed by atoms with Gasteiger partial charge in [0.1, 0.15) is 11.6 Å². The number of ether oxygens (including phenoxy) is 1. The van der Waals surface area contributed by atoms with Crippen molar-refractivity contribution >= 4 is 17.6 Å². The highest BCUT2D eigenvalue weighted by Gasteiger charge is 2.42. The highest BCUT2D eigenvalue weighted by molar-refractivity contribution is 5.72. The second-order valence-corrected chi connectivity index (χ2v) is 12.9. The molecule has 1 aliphatic heterocycles. The van der Waals surface area contributed by atoms with Gasteiger partial charge in [-0.25, -0.2) is 27.5 Å². The van der Waals surface area contributed by atoms with Gasteiger partial charge in [0.25, 0.3) is 12.3 Å². The number of aromatic nitrogens is 3. The smallest absolute Gasteiger partial charge is 0.313 e. The summed E-state index contributed by atoms with van der Waals surface area (Å²) in [5.74, 6) is -2.82. The minimum atomic E-state index is -2.65. The largest absolute Gasteiger partial charge is 0.845 e. The van der Waals surface area contributed by atoms with E-state index in [4.69, 9.17) is 4.74 Å². The molecule has 12 heteroatoms. The molecule has 2 fully saturated rings. The molecule has 1 aliphatic carbocycles. The van der Waals surface area contributed by atoms with Gasteiger partial charge in [-0.2, -0.15) is 0 Å². The van der Waals surface area contributed by atoms with E-state index in [9.17, 15) is 27.5 Å². The number of hydrogen-bond donors (Lipinski definition) is 1. The number of quaternary nitrogens is 1. The first-order valence-corrected chi connectivity index (χ1v) is 15.3. The zero-order chi connectivity index (χ0) is 32.4. The second-order valence-electron chi connectivity index (χ2n) is 12.9. The van der Waals surface area contributed by atoms with E-state index in [1.807, 2.05) is 20.0 Å². The van der Waals surface area contributed by atoms with E-state index >= 15 is 0 Å². The molecular formula is C33H39F4N5O3. The number of rotatable bonds is 9. The van der Waals surface area contributed by atoms with Gasteiger partial charge in [-0.05, 0) is 67.6 Å². The molecule has 0 spiro atoms. The fraction of sp³-hybridized carbons (Fsp3) is 0.515. The van der Waals surface area contributed by atoms with E-state index in [1.165, 1.54) is 18.3 Å². The third-order valence-corrected chi connectivity index (χ3v) is 9.22. The number of alkyl halides is 4. The number of likely N-dealkylation sites (tertiary alicyclic amines) is 1. The number of nitrogens with one attached hydrogen (secondary N) is 1. The van der Waals surface area contributed by atoms with Gasteiger partial charge in [-0.15, -0.1) is 0 Å². The molecule has 4 heterocycles. The first-order valence-electron chi connectivity index (χ1n) is 15.3. The normalized spacial score (nSPS) is 22.4. The van der Waals surface area contributed by atoms with E-state index in [0.29, 0.717) is 52.9 Å². The maximum atomic E-state index is 13.9. The molecular weight excluding hydrogens is 590 g/mol. The van der Waals surface area contributed by atoms with Crippen molar-refractivity contribution in [3.8, 4) is 11.3 Å². The molecule has 0 radical (unpaired) electrons. The van der Waals surface area contributed by atoms with Crippen LogP contribution in [-0.4, -0.2) is 58.2 Å². The molecule has 0 aromatic carbocycles. The summed E-state index contributed by atoms with van der Waals surface area (Å²) in [6.07, 6.45) is 2.05. The van der Waals surface area contributed by atoms with Gasteiger partial charge < -0.3 is 15.2 Å². The predicted molar refractivity (Wildman–Crippen MR) is 159 cm³/mol. The van der Waals surface area contributed by atoms with Gasteiger partial charge in [0.15, 0.2) is 0 Å². The Morgan fingerprint density at radius 3 is 2.44 bits per heavy atom. The van der Waals surface area contributed by atoms with Crippen molar-refractivity contribution in [2.75, 3.05) is 32.2 Å². The maximum absolute atomic E-state index is 13.9. The molecule has 3 aromatic rings. The van der Waals surface area contributed by atoms with E-state index in [0.717, 1.165) is 5.56 Å². The van der Waals surface area contributed by atoms with Crippen molar-refractivity contribution in [2.45, 2.75) is 70.3 Å². The number of piperidine rings is 1. The van der Waals surface area contributed by atoms with Crippen LogP contribution in [0.3, 0.4) is 0 Å². The molecule has 1 N–H and O–H groups in total. The number of anilines is 2. The minimum Gasteiger partial charge on any atom is -0.845 e. The molecule has 5 rings (SSSR count). The Morgan fingerprint density at radius 2 is 1.80 bits per heavy atom. The summed E-state index contributed by atoms with van der Waals surface area (Å²) in [7, 11) is 1.83. The van der Waals surface area contributed by atoms with Crippen molar-refractivity contribution in [1.29, 1.82) is 0 Å². The summed E-state index contributed by atoms with van der Waals surface area (Å²) >= 11 is 0. The van der Waals surface area contributed by atoms with Gasteiger partial charge in [-0.1, -0.05) is 25.4 Å². The lowest BCUT2D eigenvalue weighted by atomic mass is 9.73. The van der Waals surface area contributed by atoms with Gasteiger partial charge >= 0.3 is 5.97 Å². The average Bonchev–Trinajstić information content (AvgIpc) is 3.01. The van der Waals surface area contributed by atoms with Crippen LogP contribution in [-0.2, 0) is 15.1 Å². The third kappa shape index (κ3) is 7.96. The summed E-state index contributed by atoms with van der Waals surface area (Å²) in [6.45, 7) is 4.13. The van der Waals surface area contributed by atoms with Crippen LogP contribution in [0, 0.1) is 18.8 Å². The van der Waals surface area contributed by atoms with Gasteiger partial charge in [-0.3, -0.25) is 14.3 Å². The quantitative estimate of drug-likeness (QED) is 0.169. The van der Waals surface area contributed by atoms with Gasteiger partial charge in [0, 0.05) is 29.2 Å². The second kappa shape index (κ2) is 13.0. The van der Waals surface area contributed by atoms with Crippen LogP contribution in [0.15, 0.2) is 48.8 Å². The Morgan fingerprint density at radius 1 is 1.09 bits per heavy atom. The average molecular weight is 630 g/mol. The van der Waals surface area contributed by atoms with Gasteiger partial charge in [0.2, 0.25) is 6.73 Å². The Hall–Kier alpha value is -3.64. The number of halogens is 4. The van der Waals surface area contributed by atoms with Crippen LogP contribution < -0.4 is 10.4 Å². The molecule has 1 saturated heterocycles. The topological polar surface area (TPSA) is 100 Å². The zero-order valence-electron chi connectivity index (χ0n) is 25.7. The van der Waals surface area contributed by atoms with Crippen molar-refractivity contribution in [3.63, 3.8) is 0 Å². The molecule has 8 nitrogen and oxygen atoms in total. The van der Waals surface area contributed by atoms with Crippen molar-refractivity contribution in [1.82, 2.24) is 15.0 Å². The van der Waals surface area contributed by atoms with Crippen LogP contribution in [0.1, 0.15) is 68.7 Å². The Balaban J connectivity index is 1.18. The van der Waals surface area contributed by atoms with E-state index < -0.39 is 17.9 Å². The Bertz CT molecular complexity index is 1480. The fourth-order valence-electron chi connectivity index (χ4n) is 6.16. The first-order chi connectivity index (χ1) is 21.2. The number of carbonyl (C=O) groups is 1. The van der Waals surface area contributed by atoms with Crippen molar-refractivity contribution < 1.29 is 36.7 Å². The standard InChI is InChI=1S/C33H39F4N5O3/c1-21-16-26(40-29(17-21)41-28-18-23(30(34)35)10-13-38-28)24-6-9-27(39-19-24)32(2,44)25-7-4-22(5-8-25)31(43)45-20-42(3)14-11-33(36,37)12-15-42/h6,9-10,13,16-19,22,25,30H,4-5,7-8,11-12,14-15,20H2,1-3H3,(H,38,40,41)/t22?,25?,32-/m1/s1.